The minimum atomic E-state index is -3.20. The highest BCUT2D eigenvalue weighted by atomic mass is 32.2. The van der Waals surface area contributed by atoms with Gasteiger partial charge in [-0.05, 0) is 31.6 Å². The van der Waals surface area contributed by atoms with E-state index in [0.717, 1.165) is 12.8 Å². The molecule has 0 amide bonds. The number of carbonyl (C=O) groups excluding carboxylic acids is 1. The second-order valence-electron chi connectivity index (χ2n) is 6.43. The Morgan fingerprint density at radius 1 is 1.33 bits per heavy atom. The minimum absolute atomic E-state index is 0.0167. The van der Waals surface area contributed by atoms with Crippen molar-refractivity contribution in [1.29, 1.82) is 0 Å². The van der Waals surface area contributed by atoms with E-state index in [1.54, 1.807) is 6.92 Å². The standard InChI is InChI=1S/C13H25NO3S/c1-11(15)12-6-5-8-14(10-12)18(16,17)9-7-13(2,3)4/h12H,5-10H2,1-4H3. The van der Waals surface area contributed by atoms with Gasteiger partial charge in [0.05, 0.1) is 5.75 Å². The van der Waals surface area contributed by atoms with Gasteiger partial charge in [-0.2, -0.15) is 0 Å². The molecule has 0 N–H and O–H groups in total. The fraction of sp³-hybridized carbons (Fsp3) is 0.923. The highest BCUT2D eigenvalue weighted by molar-refractivity contribution is 7.89. The number of hydrogen-bond acceptors (Lipinski definition) is 3. The zero-order valence-corrected chi connectivity index (χ0v) is 12.7. The lowest BCUT2D eigenvalue weighted by atomic mass is 9.94. The summed E-state index contributed by atoms with van der Waals surface area (Å²) in [5.41, 5.74) is 0.0167. The molecule has 0 aromatic rings. The predicted octanol–water partition coefficient (Wildman–Crippen LogP) is 2.05. The van der Waals surface area contributed by atoms with Crippen LogP contribution in [0.15, 0.2) is 0 Å². The van der Waals surface area contributed by atoms with Gasteiger partial charge in [-0.15, -0.1) is 0 Å². The summed E-state index contributed by atoms with van der Waals surface area (Å²) in [6.45, 7) is 8.61. The van der Waals surface area contributed by atoms with E-state index in [2.05, 4.69) is 0 Å². The lowest BCUT2D eigenvalue weighted by molar-refractivity contribution is -0.121. The maximum Gasteiger partial charge on any atom is 0.214 e. The molecule has 0 bridgehead atoms. The van der Waals surface area contributed by atoms with Gasteiger partial charge < -0.3 is 0 Å². The van der Waals surface area contributed by atoms with E-state index >= 15 is 0 Å². The molecule has 0 saturated carbocycles. The van der Waals surface area contributed by atoms with Crippen LogP contribution in [0.1, 0.15) is 47.0 Å². The number of carbonyl (C=O) groups is 1. The van der Waals surface area contributed by atoms with Crippen LogP contribution in [0.2, 0.25) is 0 Å². The maximum atomic E-state index is 12.2. The van der Waals surface area contributed by atoms with E-state index < -0.39 is 10.0 Å². The smallest absolute Gasteiger partial charge is 0.214 e. The molecule has 5 heteroatoms. The first-order chi connectivity index (χ1) is 8.12. The molecule has 4 nitrogen and oxygen atoms in total. The van der Waals surface area contributed by atoms with Crippen molar-refractivity contribution in [3.05, 3.63) is 0 Å². The summed E-state index contributed by atoms with van der Waals surface area (Å²) in [6.07, 6.45) is 2.26. The minimum Gasteiger partial charge on any atom is -0.300 e. The Kier molecular flexibility index (Phi) is 4.95. The predicted molar refractivity (Wildman–Crippen MR) is 72.8 cm³/mol. The SMILES string of the molecule is CC(=O)C1CCCN(S(=O)(=O)CCC(C)(C)C)C1. The van der Waals surface area contributed by atoms with Gasteiger partial charge in [-0.3, -0.25) is 4.79 Å². The molecule has 0 radical (unpaired) electrons. The van der Waals surface area contributed by atoms with Crippen LogP contribution in [-0.4, -0.2) is 37.3 Å². The van der Waals surface area contributed by atoms with Crippen LogP contribution in [-0.2, 0) is 14.8 Å². The summed E-state index contributed by atoms with van der Waals surface area (Å²) in [7, 11) is -3.20. The van der Waals surface area contributed by atoms with Gasteiger partial charge in [0, 0.05) is 19.0 Å². The first kappa shape index (κ1) is 15.6. The molecule has 0 spiro atoms. The Morgan fingerprint density at radius 2 is 1.94 bits per heavy atom. The second kappa shape index (κ2) is 5.70. The van der Waals surface area contributed by atoms with Gasteiger partial charge in [-0.25, -0.2) is 12.7 Å². The monoisotopic (exact) mass is 275 g/mol. The van der Waals surface area contributed by atoms with E-state index in [4.69, 9.17) is 0 Å². The van der Waals surface area contributed by atoms with Crippen molar-refractivity contribution in [1.82, 2.24) is 4.31 Å². The Labute approximate surface area is 111 Å². The van der Waals surface area contributed by atoms with Gasteiger partial charge in [0.1, 0.15) is 5.78 Å². The van der Waals surface area contributed by atoms with Crippen molar-refractivity contribution in [2.45, 2.75) is 47.0 Å². The molecule has 106 valence electrons. The van der Waals surface area contributed by atoms with E-state index in [1.165, 1.54) is 4.31 Å². The number of nitrogens with zero attached hydrogens (tertiary/aromatic N) is 1. The van der Waals surface area contributed by atoms with Crippen molar-refractivity contribution in [2.24, 2.45) is 11.3 Å². The first-order valence-corrected chi connectivity index (χ1v) is 8.21. The number of Topliss-reactive ketones (excluding diaryl/α,β-unsaturated/α-hetero) is 1. The van der Waals surface area contributed by atoms with E-state index in [1.807, 2.05) is 20.8 Å². The molecule has 1 heterocycles. The molecule has 0 aromatic carbocycles. The Hall–Kier alpha value is -0.420. The Bertz CT molecular complexity index is 395. The highest BCUT2D eigenvalue weighted by Crippen LogP contribution is 2.24. The van der Waals surface area contributed by atoms with Crippen molar-refractivity contribution in [2.75, 3.05) is 18.8 Å². The number of sulfonamides is 1. The lowest BCUT2D eigenvalue weighted by Gasteiger charge is -2.31. The van der Waals surface area contributed by atoms with E-state index in [-0.39, 0.29) is 22.9 Å². The van der Waals surface area contributed by atoms with Crippen LogP contribution < -0.4 is 0 Å². The van der Waals surface area contributed by atoms with Crippen LogP contribution in [0.4, 0.5) is 0 Å². The number of rotatable bonds is 4. The van der Waals surface area contributed by atoms with Crippen LogP contribution in [0.3, 0.4) is 0 Å². The third kappa shape index (κ3) is 4.69. The summed E-state index contributed by atoms with van der Waals surface area (Å²) in [5.74, 6) is 0.176. The van der Waals surface area contributed by atoms with Crippen LogP contribution in [0.25, 0.3) is 0 Å². The average molecular weight is 275 g/mol. The summed E-state index contributed by atoms with van der Waals surface area (Å²) >= 11 is 0. The number of piperidine rings is 1. The number of ketones is 1. The molecule has 1 rings (SSSR count). The fourth-order valence-corrected chi connectivity index (χ4v) is 4.03. The highest BCUT2D eigenvalue weighted by Gasteiger charge is 2.31. The Balaban J connectivity index is 2.64. The molecule has 1 atom stereocenters. The van der Waals surface area contributed by atoms with Crippen molar-refractivity contribution < 1.29 is 13.2 Å². The largest absolute Gasteiger partial charge is 0.300 e. The summed E-state index contributed by atoms with van der Waals surface area (Å²) in [6, 6.07) is 0. The average Bonchev–Trinajstić information content (AvgIpc) is 2.26. The molecule has 1 aliphatic rings. The first-order valence-electron chi connectivity index (χ1n) is 6.60. The molecular formula is C13H25NO3S. The molecule has 0 aliphatic carbocycles. The second-order valence-corrected chi connectivity index (χ2v) is 8.52. The lowest BCUT2D eigenvalue weighted by Crippen LogP contribution is -2.43. The summed E-state index contributed by atoms with van der Waals surface area (Å²) in [5, 5.41) is 0. The molecule has 1 fully saturated rings. The summed E-state index contributed by atoms with van der Waals surface area (Å²) in [4.78, 5) is 11.4. The molecule has 18 heavy (non-hydrogen) atoms. The van der Waals surface area contributed by atoms with Crippen LogP contribution >= 0.6 is 0 Å². The zero-order valence-electron chi connectivity index (χ0n) is 11.9. The van der Waals surface area contributed by atoms with Gasteiger partial charge in [0.2, 0.25) is 10.0 Å². The summed E-state index contributed by atoms with van der Waals surface area (Å²) < 4.78 is 25.9. The molecule has 1 aliphatic heterocycles. The van der Waals surface area contributed by atoms with Gasteiger partial charge >= 0.3 is 0 Å². The van der Waals surface area contributed by atoms with Gasteiger partial charge in [0.25, 0.3) is 0 Å². The van der Waals surface area contributed by atoms with Gasteiger partial charge in [-0.1, -0.05) is 20.8 Å². The molecule has 1 saturated heterocycles. The molecular weight excluding hydrogens is 250 g/mol. The van der Waals surface area contributed by atoms with E-state index in [9.17, 15) is 13.2 Å². The van der Waals surface area contributed by atoms with Crippen molar-refractivity contribution in [3.63, 3.8) is 0 Å². The topological polar surface area (TPSA) is 54.5 Å². The quantitative estimate of drug-likeness (QED) is 0.789. The zero-order chi connectivity index (χ0) is 14.0. The van der Waals surface area contributed by atoms with Crippen LogP contribution in [0.5, 0.6) is 0 Å². The van der Waals surface area contributed by atoms with E-state index in [0.29, 0.717) is 19.5 Å². The van der Waals surface area contributed by atoms with Crippen molar-refractivity contribution in [3.8, 4) is 0 Å². The van der Waals surface area contributed by atoms with Crippen LogP contribution in [0, 0.1) is 11.3 Å². The molecule has 0 aromatic heterocycles. The fourth-order valence-electron chi connectivity index (χ4n) is 2.09. The normalized spacial score (nSPS) is 23.0. The molecule has 1 unspecified atom stereocenters. The Morgan fingerprint density at radius 3 is 2.44 bits per heavy atom. The van der Waals surface area contributed by atoms with Crippen molar-refractivity contribution >= 4 is 15.8 Å². The van der Waals surface area contributed by atoms with Gasteiger partial charge in [0.15, 0.2) is 0 Å². The third-order valence-corrected chi connectivity index (χ3v) is 5.30. The third-order valence-electron chi connectivity index (χ3n) is 3.46. The maximum absolute atomic E-state index is 12.2. The number of hydrogen-bond donors (Lipinski definition) is 0.